The molecule has 1 nitrogen and oxygen atoms in total. The van der Waals surface area contributed by atoms with Crippen molar-refractivity contribution < 1.29 is 4.39 Å². The zero-order valence-corrected chi connectivity index (χ0v) is 11.6. The van der Waals surface area contributed by atoms with Crippen LogP contribution >= 0.6 is 11.6 Å². The molecule has 1 saturated carbocycles. The fraction of sp³-hybridized carbons (Fsp3) is 0.600. The highest BCUT2D eigenvalue weighted by molar-refractivity contribution is 6.31. The number of benzene rings is 1. The van der Waals surface area contributed by atoms with Gasteiger partial charge in [0.2, 0.25) is 0 Å². The number of halogens is 2. The Kier molecular flexibility index (Phi) is 4.63. The van der Waals surface area contributed by atoms with Gasteiger partial charge in [0.05, 0.1) is 0 Å². The van der Waals surface area contributed by atoms with E-state index < -0.39 is 0 Å². The third-order valence-electron chi connectivity index (χ3n) is 4.22. The zero-order chi connectivity index (χ0) is 13.1. The zero-order valence-electron chi connectivity index (χ0n) is 10.8. The van der Waals surface area contributed by atoms with E-state index in [1.54, 1.807) is 6.07 Å². The molecular formula is C15H21ClFN. The topological polar surface area (TPSA) is 26.0 Å². The van der Waals surface area contributed by atoms with Gasteiger partial charge in [0.15, 0.2) is 0 Å². The highest BCUT2D eigenvalue weighted by atomic mass is 35.5. The Bertz CT molecular complexity index is 407. The summed E-state index contributed by atoms with van der Waals surface area (Å²) in [6.45, 7) is 2.24. The van der Waals surface area contributed by atoms with E-state index in [-0.39, 0.29) is 11.9 Å². The lowest BCUT2D eigenvalue weighted by Gasteiger charge is -2.34. The van der Waals surface area contributed by atoms with Gasteiger partial charge >= 0.3 is 0 Å². The van der Waals surface area contributed by atoms with Crippen LogP contribution in [0.5, 0.6) is 0 Å². The van der Waals surface area contributed by atoms with E-state index >= 15 is 0 Å². The van der Waals surface area contributed by atoms with E-state index in [4.69, 9.17) is 17.3 Å². The Balaban J connectivity index is 2.07. The average molecular weight is 270 g/mol. The lowest BCUT2D eigenvalue weighted by atomic mass is 9.75. The minimum atomic E-state index is -0.275. The van der Waals surface area contributed by atoms with Crippen LogP contribution in [0.15, 0.2) is 18.2 Å². The average Bonchev–Trinajstić information content (AvgIpc) is 2.35. The second-order valence-electron chi connectivity index (χ2n) is 5.45. The van der Waals surface area contributed by atoms with Crippen LogP contribution in [0.25, 0.3) is 0 Å². The summed E-state index contributed by atoms with van der Waals surface area (Å²) in [5.41, 5.74) is 7.23. The maximum absolute atomic E-state index is 13.0. The van der Waals surface area contributed by atoms with Crippen molar-refractivity contribution in [2.75, 3.05) is 0 Å². The molecule has 0 saturated heterocycles. The van der Waals surface area contributed by atoms with Crippen LogP contribution in [0.1, 0.15) is 38.2 Å². The first kappa shape index (κ1) is 13.8. The molecule has 100 valence electrons. The predicted molar refractivity (Wildman–Crippen MR) is 74.2 cm³/mol. The Morgan fingerprint density at radius 1 is 1.39 bits per heavy atom. The van der Waals surface area contributed by atoms with Crippen LogP contribution < -0.4 is 5.73 Å². The molecule has 3 heteroatoms. The highest BCUT2D eigenvalue weighted by Crippen LogP contribution is 2.33. The number of nitrogens with two attached hydrogens (primary N) is 1. The summed E-state index contributed by atoms with van der Waals surface area (Å²) >= 11 is 6.09. The maximum Gasteiger partial charge on any atom is 0.124 e. The first-order valence-corrected chi connectivity index (χ1v) is 7.17. The molecule has 1 aromatic carbocycles. The summed E-state index contributed by atoms with van der Waals surface area (Å²) in [6.07, 6.45) is 5.61. The standard InChI is InChI=1S/C15H21ClFN/c1-2-10-3-6-15(18)12(7-10)8-11-4-5-13(17)9-14(11)16/h4-5,9-10,12,15H,2-3,6-8,18H2,1H3. The number of hydrogen-bond acceptors (Lipinski definition) is 1. The molecule has 18 heavy (non-hydrogen) atoms. The highest BCUT2D eigenvalue weighted by Gasteiger charge is 2.27. The van der Waals surface area contributed by atoms with E-state index in [0.717, 1.165) is 24.3 Å². The molecule has 1 aromatic rings. The molecule has 1 aliphatic carbocycles. The molecule has 0 spiro atoms. The third kappa shape index (κ3) is 3.24. The quantitative estimate of drug-likeness (QED) is 0.875. The Morgan fingerprint density at radius 2 is 2.17 bits per heavy atom. The summed E-state index contributed by atoms with van der Waals surface area (Å²) in [6, 6.07) is 4.92. The summed E-state index contributed by atoms with van der Waals surface area (Å²) in [5, 5.41) is 0.529. The van der Waals surface area contributed by atoms with Crippen molar-refractivity contribution in [1.82, 2.24) is 0 Å². The SMILES string of the molecule is CCC1CCC(N)C(Cc2ccc(F)cc2Cl)C1. The van der Waals surface area contributed by atoms with Gasteiger partial charge in [0.25, 0.3) is 0 Å². The molecule has 2 N–H and O–H groups in total. The lowest BCUT2D eigenvalue weighted by Crippen LogP contribution is -2.37. The summed E-state index contributed by atoms with van der Waals surface area (Å²) in [7, 11) is 0. The lowest BCUT2D eigenvalue weighted by molar-refractivity contribution is 0.227. The predicted octanol–water partition coefficient (Wildman–Crippen LogP) is 4.18. The van der Waals surface area contributed by atoms with Gasteiger partial charge in [-0.2, -0.15) is 0 Å². The van der Waals surface area contributed by atoms with Crippen molar-refractivity contribution in [3.8, 4) is 0 Å². The van der Waals surface area contributed by atoms with Gasteiger partial charge in [0.1, 0.15) is 5.82 Å². The third-order valence-corrected chi connectivity index (χ3v) is 4.58. The van der Waals surface area contributed by atoms with Crippen molar-refractivity contribution in [3.05, 3.63) is 34.6 Å². The first-order valence-electron chi connectivity index (χ1n) is 6.79. The first-order chi connectivity index (χ1) is 8.60. The Morgan fingerprint density at radius 3 is 2.83 bits per heavy atom. The molecule has 0 aliphatic heterocycles. The smallest absolute Gasteiger partial charge is 0.124 e. The minimum Gasteiger partial charge on any atom is -0.327 e. The fourth-order valence-electron chi connectivity index (χ4n) is 2.96. The fourth-order valence-corrected chi connectivity index (χ4v) is 3.20. The van der Waals surface area contributed by atoms with Gasteiger partial charge in [-0.15, -0.1) is 0 Å². The van der Waals surface area contributed by atoms with Gasteiger partial charge in [-0.3, -0.25) is 0 Å². The molecule has 1 aliphatic rings. The largest absolute Gasteiger partial charge is 0.327 e. The van der Waals surface area contributed by atoms with Gasteiger partial charge < -0.3 is 5.73 Å². The normalized spacial score (nSPS) is 28.3. The van der Waals surface area contributed by atoms with Gasteiger partial charge in [-0.25, -0.2) is 4.39 Å². The van der Waals surface area contributed by atoms with Crippen molar-refractivity contribution in [3.63, 3.8) is 0 Å². The van der Waals surface area contributed by atoms with Crippen LogP contribution in [0, 0.1) is 17.7 Å². The molecule has 3 atom stereocenters. The molecule has 0 bridgehead atoms. The second-order valence-corrected chi connectivity index (χ2v) is 5.86. The molecule has 2 rings (SSSR count). The van der Waals surface area contributed by atoms with Gasteiger partial charge in [0, 0.05) is 11.1 Å². The number of rotatable bonds is 3. The van der Waals surface area contributed by atoms with Gasteiger partial charge in [-0.1, -0.05) is 31.0 Å². The molecule has 0 radical (unpaired) electrons. The molecule has 0 heterocycles. The van der Waals surface area contributed by atoms with Crippen LogP contribution in [-0.4, -0.2) is 6.04 Å². The van der Waals surface area contributed by atoms with E-state index in [9.17, 15) is 4.39 Å². The van der Waals surface area contributed by atoms with Crippen LogP contribution in [0.4, 0.5) is 4.39 Å². The summed E-state index contributed by atoms with van der Waals surface area (Å²) < 4.78 is 13.0. The maximum atomic E-state index is 13.0. The Hall–Kier alpha value is -0.600. The van der Waals surface area contributed by atoms with E-state index in [0.29, 0.717) is 10.9 Å². The van der Waals surface area contributed by atoms with Crippen molar-refractivity contribution in [1.29, 1.82) is 0 Å². The minimum absolute atomic E-state index is 0.258. The van der Waals surface area contributed by atoms with E-state index in [1.807, 2.05) is 0 Å². The van der Waals surface area contributed by atoms with Crippen LogP contribution in [0.3, 0.4) is 0 Å². The molecule has 1 fully saturated rings. The molecule has 0 amide bonds. The van der Waals surface area contributed by atoms with Gasteiger partial charge in [-0.05, 0) is 55.2 Å². The molecular weight excluding hydrogens is 249 g/mol. The van der Waals surface area contributed by atoms with Crippen LogP contribution in [0.2, 0.25) is 5.02 Å². The molecule has 0 aromatic heterocycles. The van der Waals surface area contributed by atoms with Crippen LogP contribution in [-0.2, 0) is 6.42 Å². The van der Waals surface area contributed by atoms with E-state index in [1.165, 1.54) is 31.4 Å². The Labute approximate surface area is 114 Å². The second kappa shape index (κ2) is 6.03. The van der Waals surface area contributed by atoms with Crippen molar-refractivity contribution >= 4 is 11.6 Å². The number of hydrogen-bond donors (Lipinski definition) is 1. The summed E-state index contributed by atoms with van der Waals surface area (Å²) in [4.78, 5) is 0. The van der Waals surface area contributed by atoms with E-state index in [2.05, 4.69) is 6.92 Å². The van der Waals surface area contributed by atoms with Crippen molar-refractivity contribution in [2.24, 2.45) is 17.6 Å². The van der Waals surface area contributed by atoms with Crippen molar-refractivity contribution in [2.45, 2.75) is 45.1 Å². The monoisotopic (exact) mass is 269 g/mol. The summed E-state index contributed by atoms with van der Waals surface area (Å²) in [5.74, 6) is 0.990. The molecule has 3 unspecified atom stereocenters.